The van der Waals surface area contributed by atoms with Crippen LogP contribution in [0.15, 0.2) is 40.2 Å². The van der Waals surface area contributed by atoms with Crippen LogP contribution in [-0.2, 0) is 0 Å². The van der Waals surface area contributed by atoms with Gasteiger partial charge in [-0.2, -0.15) is 0 Å². The molecule has 3 heteroatoms. The van der Waals surface area contributed by atoms with E-state index in [9.17, 15) is 0 Å². The molecule has 0 bridgehead atoms. The number of thiophene rings is 1. The molecule has 2 rings (SSSR count). The van der Waals surface area contributed by atoms with E-state index in [1.54, 1.807) is 11.3 Å². The van der Waals surface area contributed by atoms with Gasteiger partial charge in [0.05, 0.1) is 0 Å². The van der Waals surface area contributed by atoms with Crippen molar-refractivity contribution in [1.29, 1.82) is 0 Å². The van der Waals surface area contributed by atoms with Gasteiger partial charge in [-0.25, -0.2) is 0 Å². The van der Waals surface area contributed by atoms with Gasteiger partial charge in [0.1, 0.15) is 0 Å². The van der Waals surface area contributed by atoms with E-state index in [0.717, 1.165) is 15.1 Å². The predicted molar refractivity (Wildman–Crippen MR) is 62.5 cm³/mol. The van der Waals surface area contributed by atoms with E-state index in [2.05, 4.69) is 33.4 Å². The second-order valence-electron chi connectivity index (χ2n) is 2.64. The van der Waals surface area contributed by atoms with Crippen LogP contribution >= 0.6 is 38.9 Å². The van der Waals surface area contributed by atoms with Crippen LogP contribution in [0.1, 0.15) is 0 Å². The number of hydrogen-bond acceptors (Lipinski definition) is 1. The van der Waals surface area contributed by atoms with E-state index in [0.29, 0.717) is 0 Å². The number of benzene rings is 1. The summed E-state index contributed by atoms with van der Waals surface area (Å²) in [7, 11) is 0. The molecule has 0 amide bonds. The molecule has 0 unspecified atom stereocenters. The Labute approximate surface area is 94.3 Å². The van der Waals surface area contributed by atoms with Crippen LogP contribution in [0.25, 0.3) is 10.4 Å². The maximum atomic E-state index is 5.94. The van der Waals surface area contributed by atoms with Crippen molar-refractivity contribution >= 4 is 38.9 Å². The number of rotatable bonds is 1. The zero-order chi connectivity index (χ0) is 9.26. The summed E-state index contributed by atoms with van der Waals surface area (Å²) in [6.45, 7) is 0. The largest absolute Gasteiger partial charge is 0.144 e. The van der Waals surface area contributed by atoms with Crippen LogP contribution in [0.4, 0.5) is 0 Å². The summed E-state index contributed by atoms with van der Waals surface area (Å²) in [4.78, 5) is 1.24. The van der Waals surface area contributed by atoms with Gasteiger partial charge in [0.25, 0.3) is 0 Å². The molecule has 0 saturated heterocycles. The molecule has 0 saturated carbocycles. The Bertz CT molecular complexity index is 389. The minimum Gasteiger partial charge on any atom is -0.144 e. The molecular weight excluding hydrogens is 268 g/mol. The molecule has 2 aromatic rings. The van der Waals surface area contributed by atoms with E-state index in [1.165, 1.54) is 4.88 Å². The molecule has 0 aliphatic heterocycles. The van der Waals surface area contributed by atoms with Crippen molar-refractivity contribution < 1.29 is 0 Å². The van der Waals surface area contributed by atoms with E-state index >= 15 is 0 Å². The lowest BCUT2D eigenvalue weighted by atomic mass is 10.2. The normalized spacial score (nSPS) is 10.3. The Morgan fingerprint density at radius 2 is 2.08 bits per heavy atom. The second-order valence-corrected chi connectivity index (χ2v) is 4.94. The zero-order valence-corrected chi connectivity index (χ0v) is 9.79. The molecule has 0 radical (unpaired) electrons. The second kappa shape index (κ2) is 3.82. The van der Waals surface area contributed by atoms with Crippen molar-refractivity contribution in [2.45, 2.75) is 0 Å². The van der Waals surface area contributed by atoms with Crippen LogP contribution < -0.4 is 0 Å². The third kappa shape index (κ3) is 2.13. The first-order chi connectivity index (χ1) is 6.25. The van der Waals surface area contributed by atoms with Gasteiger partial charge in [0.15, 0.2) is 0 Å². The fourth-order valence-electron chi connectivity index (χ4n) is 1.14. The molecule has 0 N–H and O–H groups in total. The SMILES string of the molecule is Clc1cc(Br)cc(-c2cccs2)c1. The van der Waals surface area contributed by atoms with Crippen LogP contribution in [-0.4, -0.2) is 0 Å². The topological polar surface area (TPSA) is 0 Å². The first-order valence-electron chi connectivity index (χ1n) is 3.76. The fraction of sp³-hybridized carbons (Fsp3) is 0. The maximum absolute atomic E-state index is 5.94. The van der Waals surface area contributed by atoms with Crippen molar-refractivity contribution in [2.24, 2.45) is 0 Å². The quantitative estimate of drug-likeness (QED) is 0.698. The summed E-state index contributed by atoms with van der Waals surface area (Å²) in [5.74, 6) is 0. The van der Waals surface area contributed by atoms with Gasteiger partial charge in [0, 0.05) is 14.4 Å². The average Bonchev–Trinajstić information content (AvgIpc) is 2.53. The zero-order valence-electron chi connectivity index (χ0n) is 6.63. The van der Waals surface area contributed by atoms with Crippen molar-refractivity contribution in [3.8, 4) is 10.4 Å². The summed E-state index contributed by atoms with van der Waals surface area (Å²) in [6.07, 6.45) is 0. The molecule has 0 nitrogen and oxygen atoms in total. The highest BCUT2D eigenvalue weighted by atomic mass is 79.9. The van der Waals surface area contributed by atoms with Crippen LogP contribution in [0, 0.1) is 0 Å². The highest BCUT2D eigenvalue weighted by Crippen LogP contribution is 2.30. The highest BCUT2D eigenvalue weighted by molar-refractivity contribution is 9.10. The third-order valence-corrected chi connectivity index (χ3v) is 3.26. The molecule has 0 aliphatic rings. The van der Waals surface area contributed by atoms with Crippen LogP contribution in [0.5, 0.6) is 0 Å². The molecule has 0 aliphatic carbocycles. The van der Waals surface area contributed by atoms with Gasteiger partial charge >= 0.3 is 0 Å². The van der Waals surface area contributed by atoms with Gasteiger partial charge < -0.3 is 0 Å². The first kappa shape index (κ1) is 9.25. The third-order valence-electron chi connectivity index (χ3n) is 1.67. The Morgan fingerprint density at radius 1 is 1.23 bits per heavy atom. The molecule has 66 valence electrons. The lowest BCUT2D eigenvalue weighted by Gasteiger charge is -1.99. The Hall–Kier alpha value is -0.310. The van der Waals surface area contributed by atoms with Crippen molar-refractivity contribution in [3.05, 3.63) is 45.2 Å². The molecule has 1 aromatic carbocycles. The van der Waals surface area contributed by atoms with E-state index in [-0.39, 0.29) is 0 Å². The molecule has 0 fully saturated rings. The minimum atomic E-state index is 0.762. The molecule has 1 aromatic heterocycles. The number of hydrogen-bond donors (Lipinski definition) is 0. The van der Waals surface area contributed by atoms with E-state index in [4.69, 9.17) is 11.6 Å². The molecule has 0 atom stereocenters. The predicted octanol–water partition coefficient (Wildman–Crippen LogP) is 4.83. The van der Waals surface area contributed by atoms with Crippen molar-refractivity contribution in [1.82, 2.24) is 0 Å². The van der Waals surface area contributed by atoms with Gasteiger partial charge in [-0.1, -0.05) is 33.6 Å². The maximum Gasteiger partial charge on any atom is 0.0423 e. The van der Waals surface area contributed by atoms with E-state index in [1.807, 2.05) is 18.2 Å². The summed E-state index contributed by atoms with van der Waals surface area (Å²) >= 11 is 11.1. The Morgan fingerprint density at radius 3 is 2.69 bits per heavy atom. The molecular formula is C10H6BrClS. The lowest BCUT2D eigenvalue weighted by molar-refractivity contribution is 1.64. The van der Waals surface area contributed by atoms with E-state index < -0.39 is 0 Å². The molecule has 1 heterocycles. The van der Waals surface area contributed by atoms with Crippen molar-refractivity contribution in [2.75, 3.05) is 0 Å². The summed E-state index contributed by atoms with van der Waals surface area (Å²) in [6, 6.07) is 10.0. The fourth-order valence-corrected chi connectivity index (χ4v) is 2.71. The van der Waals surface area contributed by atoms with Crippen LogP contribution in [0.3, 0.4) is 0 Å². The average molecular weight is 274 g/mol. The molecule has 0 spiro atoms. The Balaban J connectivity index is 2.53. The Kier molecular flexibility index (Phi) is 2.72. The van der Waals surface area contributed by atoms with Crippen molar-refractivity contribution in [3.63, 3.8) is 0 Å². The van der Waals surface area contributed by atoms with Gasteiger partial charge in [-0.3, -0.25) is 0 Å². The minimum absolute atomic E-state index is 0.762. The summed E-state index contributed by atoms with van der Waals surface area (Å²) < 4.78 is 1.02. The van der Waals surface area contributed by atoms with Gasteiger partial charge in [-0.15, -0.1) is 11.3 Å². The lowest BCUT2D eigenvalue weighted by Crippen LogP contribution is -1.73. The first-order valence-corrected chi connectivity index (χ1v) is 5.81. The number of halogens is 2. The van der Waals surface area contributed by atoms with Gasteiger partial charge in [0.2, 0.25) is 0 Å². The summed E-state index contributed by atoms with van der Waals surface area (Å²) in [5.41, 5.74) is 1.16. The molecule has 13 heavy (non-hydrogen) atoms. The van der Waals surface area contributed by atoms with Crippen LogP contribution in [0.2, 0.25) is 5.02 Å². The highest BCUT2D eigenvalue weighted by Gasteiger charge is 2.00. The smallest absolute Gasteiger partial charge is 0.0423 e. The monoisotopic (exact) mass is 272 g/mol. The summed E-state index contributed by atoms with van der Waals surface area (Å²) in [5, 5.41) is 2.82. The van der Waals surface area contributed by atoms with Gasteiger partial charge in [-0.05, 0) is 35.2 Å². The standard InChI is InChI=1S/C10H6BrClS/c11-8-4-7(5-9(12)6-8)10-2-1-3-13-10/h1-6H.